The summed E-state index contributed by atoms with van der Waals surface area (Å²) in [6.07, 6.45) is 4.01. The van der Waals surface area contributed by atoms with E-state index < -0.39 is 33.4 Å². The van der Waals surface area contributed by atoms with Gasteiger partial charge in [0, 0.05) is 43.3 Å². The van der Waals surface area contributed by atoms with Crippen molar-refractivity contribution >= 4 is 51.6 Å². The maximum atomic E-state index is 14.7. The molecule has 4 aromatic carbocycles. The van der Waals surface area contributed by atoms with E-state index in [-0.39, 0.29) is 35.8 Å². The van der Waals surface area contributed by atoms with Crippen LogP contribution in [0.2, 0.25) is 5.02 Å². The van der Waals surface area contributed by atoms with Crippen molar-refractivity contribution in [1.82, 2.24) is 14.5 Å². The number of halogens is 2. The summed E-state index contributed by atoms with van der Waals surface area (Å²) in [6, 6.07) is 27.8. The zero-order valence-electron chi connectivity index (χ0n) is 27.8. The first-order chi connectivity index (χ1) is 23.6. The summed E-state index contributed by atoms with van der Waals surface area (Å²) in [4.78, 5) is 28.2. The predicted molar refractivity (Wildman–Crippen MR) is 200 cm³/mol. The number of piperidine rings is 1. The first-order valence-corrected chi connectivity index (χ1v) is 18.4. The second-order valence-electron chi connectivity index (χ2n) is 12.8. The van der Waals surface area contributed by atoms with E-state index in [1.165, 1.54) is 42.7 Å². The number of hydrogen-bond donors (Lipinski definition) is 3. The van der Waals surface area contributed by atoms with Crippen LogP contribution in [0.15, 0.2) is 102 Å². The van der Waals surface area contributed by atoms with E-state index in [0.717, 1.165) is 48.6 Å². The second-order valence-corrected chi connectivity index (χ2v) is 15.1. The molecule has 1 aliphatic carbocycles. The molecule has 0 aromatic heterocycles. The van der Waals surface area contributed by atoms with Crippen LogP contribution in [-0.4, -0.2) is 73.4 Å². The lowest BCUT2D eigenvalue weighted by Gasteiger charge is -2.31. The van der Waals surface area contributed by atoms with Gasteiger partial charge in [0.2, 0.25) is 15.9 Å². The lowest BCUT2D eigenvalue weighted by molar-refractivity contribution is -0.126. The second kappa shape index (κ2) is 16.0. The van der Waals surface area contributed by atoms with Gasteiger partial charge in [-0.3, -0.25) is 4.79 Å². The number of hydrogen-bond acceptors (Lipinski definition) is 6. The lowest BCUT2D eigenvalue weighted by Crippen LogP contribution is -2.51. The Kier molecular flexibility index (Phi) is 11.9. The molecule has 6 rings (SSSR count). The van der Waals surface area contributed by atoms with Crippen LogP contribution in [0.3, 0.4) is 0 Å². The summed E-state index contributed by atoms with van der Waals surface area (Å²) in [6.45, 7) is 3.75. The van der Waals surface area contributed by atoms with Gasteiger partial charge in [0.1, 0.15) is 5.54 Å². The highest BCUT2D eigenvalue weighted by molar-refractivity contribution is 7.89. The van der Waals surface area contributed by atoms with Crippen LogP contribution in [0.1, 0.15) is 53.1 Å². The van der Waals surface area contributed by atoms with E-state index in [9.17, 15) is 23.1 Å². The van der Waals surface area contributed by atoms with Crippen LogP contribution >= 0.6 is 24.0 Å². The molecule has 0 radical (unpaired) electrons. The molecule has 50 heavy (non-hydrogen) atoms. The van der Waals surface area contributed by atoms with Gasteiger partial charge in [-0.15, -0.1) is 12.4 Å². The van der Waals surface area contributed by atoms with Gasteiger partial charge < -0.3 is 20.6 Å². The van der Waals surface area contributed by atoms with Crippen molar-refractivity contribution in [3.8, 4) is 11.1 Å². The summed E-state index contributed by atoms with van der Waals surface area (Å²) < 4.78 is 30.6. The van der Waals surface area contributed by atoms with Crippen LogP contribution < -0.4 is 10.6 Å². The number of carboxylic acids is 1. The Morgan fingerprint density at radius 3 is 2.24 bits per heavy atom. The molecule has 12 heteroatoms. The molecule has 2 atom stereocenters. The fourth-order valence-corrected chi connectivity index (χ4v) is 8.80. The molecular formula is C38H42Cl2N4O5S. The maximum absolute atomic E-state index is 14.7. The number of amides is 1. The van der Waals surface area contributed by atoms with E-state index in [0.29, 0.717) is 10.6 Å². The van der Waals surface area contributed by atoms with Crippen molar-refractivity contribution in [2.75, 3.05) is 38.5 Å². The lowest BCUT2D eigenvalue weighted by atomic mass is 10.0. The molecule has 9 nitrogen and oxygen atoms in total. The predicted octanol–water partition coefficient (Wildman–Crippen LogP) is 6.89. The average molecular weight is 738 g/mol. The summed E-state index contributed by atoms with van der Waals surface area (Å²) in [5, 5.41) is 16.5. The van der Waals surface area contributed by atoms with Gasteiger partial charge in [-0.2, -0.15) is 4.31 Å². The van der Waals surface area contributed by atoms with Crippen LogP contribution in [0.25, 0.3) is 11.1 Å². The van der Waals surface area contributed by atoms with Crippen LogP contribution in [0.4, 0.5) is 5.69 Å². The maximum Gasteiger partial charge on any atom is 0.335 e. The average Bonchev–Trinajstić information content (AvgIpc) is 3.88. The summed E-state index contributed by atoms with van der Waals surface area (Å²) >= 11 is 6.06. The molecule has 1 aliphatic heterocycles. The quantitative estimate of drug-likeness (QED) is 0.137. The zero-order chi connectivity index (χ0) is 34.6. The molecular weight excluding hydrogens is 695 g/mol. The number of benzene rings is 4. The highest BCUT2D eigenvalue weighted by atomic mass is 35.5. The largest absolute Gasteiger partial charge is 0.478 e. The number of nitrogens with zero attached hydrogens (tertiary/aromatic N) is 2. The van der Waals surface area contributed by atoms with E-state index in [2.05, 4.69) is 15.5 Å². The Morgan fingerprint density at radius 1 is 0.920 bits per heavy atom. The molecule has 0 bridgehead atoms. The SMILES string of the molecule is CNC(=O)C1(N(Cc2cccc(C(=O)O)c2)S(=O)(=O)c2ccc(-c3ccc(Cl)cc3)cc2)CC1c1cccc(NCCN2CCCCC2)c1.Cl. The number of rotatable bonds is 13. The number of carboxylic acid groups (broad SMARTS) is 1. The van der Waals surface area contributed by atoms with Gasteiger partial charge in [-0.1, -0.05) is 66.6 Å². The molecule has 4 aromatic rings. The van der Waals surface area contributed by atoms with E-state index in [1.807, 2.05) is 36.4 Å². The first-order valence-electron chi connectivity index (χ1n) is 16.6. The van der Waals surface area contributed by atoms with Gasteiger partial charge in [0.05, 0.1) is 10.5 Å². The number of carbonyl (C=O) groups excluding carboxylic acids is 1. The standard InChI is InChI=1S/C38H41ClN4O5S.ClH/c1-40-37(46)38(25-35(38)30-8-6-10-33(24-30)41-19-22-42-20-3-2-4-21-42)43(26-27-7-5-9-31(23-27)36(44)45)49(47,48)34-17-13-29(14-18-34)28-11-15-32(39)16-12-28;/h5-18,23-24,35,41H,2-4,19-22,25-26H2,1H3,(H,40,46)(H,44,45);1H. The summed E-state index contributed by atoms with van der Waals surface area (Å²) in [5.74, 6) is -1.97. The monoisotopic (exact) mass is 736 g/mol. The summed E-state index contributed by atoms with van der Waals surface area (Å²) in [7, 11) is -2.77. The minimum absolute atomic E-state index is 0. The Labute approximate surface area is 305 Å². The van der Waals surface area contributed by atoms with Crippen molar-refractivity contribution < 1.29 is 23.1 Å². The minimum Gasteiger partial charge on any atom is -0.478 e. The Bertz CT molecular complexity index is 1920. The number of carbonyl (C=O) groups is 2. The number of nitrogens with one attached hydrogen (secondary N) is 2. The third kappa shape index (κ3) is 8.00. The van der Waals surface area contributed by atoms with Crippen molar-refractivity contribution in [1.29, 1.82) is 0 Å². The van der Waals surface area contributed by atoms with Crippen LogP contribution in [0, 0.1) is 0 Å². The van der Waals surface area contributed by atoms with E-state index >= 15 is 0 Å². The van der Waals surface area contributed by atoms with Crippen molar-refractivity contribution in [2.45, 2.75) is 48.6 Å². The highest BCUT2D eigenvalue weighted by Crippen LogP contribution is 2.58. The van der Waals surface area contributed by atoms with Crippen molar-refractivity contribution in [3.05, 3.63) is 119 Å². The van der Waals surface area contributed by atoms with Gasteiger partial charge in [-0.05, 0) is 103 Å². The molecule has 3 N–H and O–H groups in total. The Balaban J connectivity index is 0.00000486. The first kappa shape index (κ1) is 37.3. The van der Waals surface area contributed by atoms with Crippen molar-refractivity contribution in [3.63, 3.8) is 0 Å². The van der Waals surface area contributed by atoms with Crippen LogP contribution in [0.5, 0.6) is 0 Å². The topological polar surface area (TPSA) is 119 Å². The molecule has 2 fully saturated rings. The Morgan fingerprint density at radius 2 is 1.58 bits per heavy atom. The van der Waals surface area contributed by atoms with Crippen LogP contribution in [-0.2, 0) is 21.4 Å². The van der Waals surface area contributed by atoms with E-state index in [1.54, 1.807) is 48.5 Å². The normalized spacial score (nSPS) is 19.0. The molecule has 1 amide bonds. The molecule has 0 spiro atoms. The molecule has 1 heterocycles. The van der Waals surface area contributed by atoms with Gasteiger partial charge in [0.15, 0.2) is 0 Å². The fourth-order valence-electron chi connectivity index (χ4n) is 6.91. The number of likely N-dealkylation sites (tertiary alicyclic amines) is 1. The third-order valence-corrected chi connectivity index (χ3v) is 11.8. The van der Waals surface area contributed by atoms with Gasteiger partial charge in [0.25, 0.3) is 0 Å². The smallest absolute Gasteiger partial charge is 0.335 e. The fraction of sp³-hybridized carbons (Fsp3) is 0.316. The number of likely N-dealkylation sites (N-methyl/N-ethyl adjacent to an activating group) is 1. The third-order valence-electron chi connectivity index (χ3n) is 9.61. The van der Waals surface area contributed by atoms with E-state index in [4.69, 9.17) is 11.6 Å². The molecule has 264 valence electrons. The highest BCUT2D eigenvalue weighted by Gasteiger charge is 2.67. The zero-order valence-corrected chi connectivity index (χ0v) is 30.2. The van der Waals surface area contributed by atoms with Gasteiger partial charge >= 0.3 is 5.97 Å². The minimum atomic E-state index is -4.28. The number of sulfonamides is 1. The molecule has 2 aliphatic rings. The van der Waals surface area contributed by atoms with Crippen molar-refractivity contribution in [2.24, 2.45) is 0 Å². The molecule has 1 saturated carbocycles. The molecule has 1 saturated heterocycles. The Hall–Kier alpha value is -3.93. The summed E-state index contributed by atoms with van der Waals surface area (Å²) in [5.41, 5.74) is 2.51. The van der Waals surface area contributed by atoms with Gasteiger partial charge in [-0.25, -0.2) is 13.2 Å². The number of aromatic carboxylic acids is 1. The molecule has 2 unspecified atom stereocenters. The number of anilines is 1.